The summed E-state index contributed by atoms with van der Waals surface area (Å²) in [5.41, 5.74) is 0.686. The standard InChI is InChI=1S/C52H102O2/c1-5-9-13-17-21-25-29-30-34-38-42-46-50(51(53)54)52(47-43-39-35-31-26-22-18-14-10-6-2,48-44-40-36-32-27-23-19-15-11-7-3)49-45-41-37-33-28-24-20-16-12-8-4/h46H,5-45,47-49H2,1-4H3,(H,53,54). The van der Waals surface area contributed by atoms with Crippen molar-refractivity contribution in [3.05, 3.63) is 11.6 Å². The maximum Gasteiger partial charge on any atom is 0.331 e. The minimum atomic E-state index is -0.603. The zero-order chi connectivity index (χ0) is 39.5. The number of carboxylic acids is 1. The SMILES string of the molecule is CCCCCCCCCCCCC=C(C(=O)O)C(CCCCCCCCCCCC)(CCCCCCCCCCCC)CCCCCCCCCCCC. The van der Waals surface area contributed by atoms with E-state index in [9.17, 15) is 9.90 Å². The van der Waals surface area contributed by atoms with E-state index in [1.54, 1.807) is 0 Å². The van der Waals surface area contributed by atoms with Gasteiger partial charge in [0.25, 0.3) is 0 Å². The molecule has 0 aromatic carbocycles. The molecule has 0 aliphatic carbocycles. The molecule has 0 saturated carbocycles. The van der Waals surface area contributed by atoms with Crippen LogP contribution in [0.15, 0.2) is 11.6 Å². The number of hydrogen-bond acceptors (Lipinski definition) is 1. The second kappa shape index (κ2) is 43.3. The lowest BCUT2D eigenvalue weighted by molar-refractivity contribution is -0.134. The van der Waals surface area contributed by atoms with Gasteiger partial charge in [-0.05, 0) is 32.1 Å². The van der Waals surface area contributed by atoms with Gasteiger partial charge in [0.05, 0.1) is 0 Å². The summed E-state index contributed by atoms with van der Waals surface area (Å²) in [6, 6.07) is 0. The molecule has 0 unspecified atom stereocenters. The van der Waals surface area contributed by atoms with Crippen LogP contribution in [-0.4, -0.2) is 11.1 Å². The van der Waals surface area contributed by atoms with E-state index in [0.29, 0.717) is 0 Å². The molecule has 0 saturated heterocycles. The lowest BCUT2D eigenvalue weighted by atomic mass is 9.68. The summed E-state index contributed by atoms with van der Waals surface area (Å²) in [6.07, 6.45) is 60.2. The molecule has 2 heteroatoms. The summed E-state index contributed by atoms with van der Waals surface area (Å²) in [5.74, 6) is -0.603. The molecular weight excluding hydrogens is 657 g/mol. The van der Waals surface area contributed by atoms with Gasteiger partial charge in [0.15, 0.2) is 0 Å². The Bertz CT molecular complexity index is 709. The van der Waals surface area contributed by atoms with Gasteiger partial charge in [-0.3, -0.25) is 0 Å². The Morgan fingerprint density at radius 2 is 0.537 bits per heavy atom. The van der Waals surface area contributed by atoms with Crippen molar-refractivity contribution in [1.29, 1.82) is 0 Å². The number of allylic oxidation sites excluding steroid dienone is 1. The van der Waals surface area contributed by atoms with Gasteiger partial charge in [0, 0.05) is 11.0 Å². The molecule has 0 bridgehead atoms. The largest absolute Gasteiger partial charge is 0.478 e. The van der Waals surface area contributed by atoms with Crippen molar-refractivity contribution in [3.8, 4) is 0 Å². The number of carbonyl (C=O) groups is 1. The van der Waals surface area contributed by atoms with Crippen LogP contribution in [0.1, 0.15) is 310 Å². The minimum Gasteiger partial charge on any atom is -0.478 e. The highest BCUT2D eigenvalue weighted by atomic mass is 16.4. The summed E-state index contributed by atoms with van der Waals surface area (Å²) in [7, 11) is 0. The normalized spacial score (nSPS) is 12.3. The highest BCUT2D eigenvalue weighted by molar-refractivity contribution is 5.88. The molecule has 0 radical (unpaired) electrons. The van der Waals surface area contributed by atoms with Crippen LogP contribution in [0, 0.1) is 5.41 Å². The van der Waals surface area contributed by atoms with E-state index in [1.165, 1.54) is 250 Å². The Labute approximate surface area is 342 Å². The van der Waals surface area contributed by atoms with Crippen molar-refractivity contribution in [2.45, 2.75) is 310 Å². The van der Waals surface area contributed by atoms with E-state index in [4.69, 9.17) is 0 Å². The van der Waals surface area contributed by atoms with Gasteiger partial charge in [0.2, 0.25) is 0 Å². The maximum absolute atomic E-state index is 13.2. The number of carboxylic acid groups (broad SMARTS) is 1. The second-order valence-corrected chi connectivity index (χ2v) is 18.0. The molecule has 0 amide bonds. The van der Waals surface area contributed by atoms with Crippen LogP contribution in [0.2, 0.25) is 0 Å². The third kappa shape index (κ3) is 34.5. The van der Waals surface area contributed by atoms with Gasteiger partial charge in [-0.25, -0.2) is 4.79 Å². The van der Waals surface area contributed by atoms with E-state index in [0.717, 1.165) is 37.7 Å². The predicted molar refractivity (Wildman–Crippen MR) is 244 cm³/mol. The molecule has 322 valence electrons. The van der Waals surface area contributed by atoms with Gasteiger partial charge in [-0.1, -0.05) is 284 Å². The topological polar surface area (TPSA) is 37.3 Å². The van der Waals surface area contributed by atoms with E-state index in [-0.39, 0.29) is 5.41 Å². The lowest BCUT2D eigenvalue weighted by Gasteiger charge is -2.36. The average molecular weight is 759 g/mol. The molecule has 2 nitrogen and oxygen atoms in total. The van der Waals surface area contributed by atoms with Crippen LogP contribution in [0.25, 0.3) is 0 Å². The molecule has 0 heterocycles. The maximum atomic E-state index is 13.2. The molecule has 0 atom stereocenters. The van der Waals surface area contributed by atoms with E-state index in [2.05, 4.69) is 33.8 Å². The highest BCUT2D eigenvalue weighted by Gasteiger charge is 2.36. The first kappa shape index (κ1) is 53.2. The van der Waals surface area contributed by atoms with Gasteiger partial charge in [0.1, 0.15) is 0 Å². The first-order chi connectivity index (χ1) is 26.6. The van der Waals surface area contributed by atoms with E-state index < -0.39 is 5.97 Å². The molecule has 1 N–H and O–H groups in total. The predicted octanol–water partition coefficient (Wildman–Crippen LogP) is 19.2. The summed E-state index contributed by atoms with van der Waals surface area (Å²) in [6.45, 7) is 9.20. The molecule has 0 aromatic heterocycles. The van der Waals surface area contributed by atoms with Crippen molar-refractivity contribution >= 4 is 5.97 Å². The molecular formula is C52H102O2. The molecule has 0 aliphatic rings. The average Bonchev–Trinajstić information content (AvgIpc) is 3.17. The molecule has 0 spiro atoms. The van der Waals surface area contributed by atoms with Crippen LogP contribution in [0.3, 0.4) is 0 Å². The number of aliphatic carboxylic acids is 1. The third-order valence-corrected chi connectivity index (χ3v) is 12.7. The molecule has 0 aliphatic heterocycles. The summed E-state index contributed by atoms with van der Waals surface area (Å²) in [4.78, 5) is 13.2. The van der Waals surface area contributed by atoms with Crippen molar-refractivity contribution < 1.29 is 9.90 Å². The van der Waals surface area contributed by atoms with Crippen molar-refractivity contribution in [2.75, 3.05) is 0 Å². The van der Waals surface area contributed by atoms with Crippen molar-refractivity contribution in [3.63, 3.8) is 0 Å². The fourth-order valence-corrected chi connectivity index (χ4v) is 9.04. The van der Waals surface area contributed by atoms with Gasteiger partial charge in [-0.15, -0.1) is 0 Å². The van der Waals surface area contributed by atoms with Crippen LogP contribution >= 0.6 is 0 Å². The van der Waals surface area contributed by atoms with Crippen LogP contribution in [0.5, 0.6) is 0 Å². The van der Waals surface area contributed by atoms with Crippen molar-refractivity contribution in [2.24, 2.45) is 5.41 Å². The second-order valence-electron chi connectivity index (χ2n) is 18.0. The first-order valence-electron chi connectivity index (χ1n) is 25.5. The van der Waals surface area contributed by atoms with E-state index >= 15 is 0 Å². The van der Waals surface area contributed by atoms with E-state index in [1.807, 2.05) is 0 Å². The minimum absolute atomic E-state index is 0.134. The van der Waals surface area contributed by atoms with Crippen molar-refractivity contribution in [1.82, 2.24) is 0 Å². The number of rotatable bonds is 46. The quantitative estimate of drug-likeness (QED) is 0.0496. The Balaban J connectivity index is 5.44. The summed E-state index contributed by atoms with van der Waals surface area (Å²) >= 11 is 0. The Morgan fingerprint density at radius 1 is 0.333 bits per heavy atom. The van der Waals surface area contributed by atoms with Crippen LogP contribution in [0.4, 0.5) is 0 Å². The molecule has 0 rings (SSSR count). The fourth-order valence-electron chi connectivity index (χ4n) is 9.04. The monoisotopic (exact) mass is 759 g/mol. The smallest absolute Gasteiger partial charge is 0.331 e. The zero-order valence-corrected chi connectivity index (χ0v) is 38.0. The van der Waals surface area contributed by atoms with Gasteiger partial charge in [-0.2, -0.15) is 0 Å². The summed E-state index contributed by atoms with van der Waals surface area (Å²) in [5, 5.41) is 10.9. The number of hydrogen-bond donors (Lipinski definition) is 1. The lowest BCUT2D eigenvalue weighted by Crippen LogP contribution is -2.29. The zero-order valence-electron chi connectivity index (χ0n) is 38.0. The Kier molecular flexibility index (Phi) is 42.7. The molecule has 54 heavy (non-hydrogen) atoms. The van der Waals surface area contributed by atoms with Crippen LogP contribution in [-0.2, 0) is 4.79 Å². The number of unbranched alkanes of at least 4 members (excludes halogenated alkanes) is 37. The molecule has 0 aromatic rings. The Hall–Kier alpha value is -0.790. The van der Waals surface area contributed by atoms with Gasteiger partial charge < -0.3 is 5.11 Å². The summed E-state index contributed by atoms with van der Waals surface area (Å²) < 4.78 is 0. The fraction of sp³-hybridized carbons (Fsp3) is 0.942. The molecule has 0 fully saturated rings. The first-order valence-corrected chi connectivity index (χ1v) is 25.5. The van der Waals surface area contributed by atoms with Crippen LogP contribution < -0.4 is 0 Å². The highest BCUT2D eigenvalue weighted by Crippen LogP contribution is 2.44. The Morgan fingerprint density at radius 3 is 0.759 bits per heavy atom. The van der Waals surface area contributed by atoms with Gasteiger partial charge >= 0.3 is 5.97 Å². The third-order valence-electron chi connectivity index (χ3n) is 12.7.